The van der Waals surface area contributed by atoms with Crippen LogP contribution in [-0.4, -0.2) is 31.2 Å². The monoisotopic (exact) mass is 430 g/mol. The summed E-state index contributed by atoms with van der Waals surface area (Å²) >= 11 is 0. The third-order valence-electron chi connectivity index (χ3n) is 4.51. The smallest absolute Gasteiger partial charge is 0.258 e. The van der Waals surface area contributed by atoms with Crippen LogP contribution in [0.4, 0.5) is 0 Å². The maximum atomic E-state index is 12.8. The molecule has 28 heavy (non-hydrogen) atoms. The summed E-state index contributed by atoms with van der Waals surface area (Å²) in [5.74, 6) is 0.931. The lowest BCUT2D eigenvalue weighted by molar-refractivity contribution is 0.372. The van der Waals surface area contributed by atoms with E-state index in [-0.39, 0.29) is 28.9 Å². The topological polar surface area (TPSA) is 120 Å². The Morgan fingerprint density at radius 3 is 2.46 bits per heavy atom. The molecule has 10 heteroatoms. The highest BCUT2D eigenvalue weighted by Crippen LogP contribution is 2.36. The van der Waals surface area contributed by atoms with Crippen molar-refractivity contribution in [2.45, 2.75) is 62.4 Å². The quantitative estimate of drug-likeness (QED) is 0.747. The van der Waals surface area contributed by atoms with Gasteiger partial charge in [-0.2, -0.15) is 4.98 Å². The number of nitrogens with zero attached hydrogens (tertiary/aromatic N) is 2. The largest absolute Gasteiger partial charge is 0.495 e. The minimum Gasteiger partial charge on any atom is -0.495 e. The van der Waals surface area contributed by atoms with E-state index < -0.39 is 21.1 Å². The molecule has 0 bridgehead atoms. The Bertz CT molecular complexity index is 931. The molecule has 0 radical (unpaired) electrons. The van der Waals surface area contributed by atoms with E-state index in [4.69, 9.17) is 15.0 Å². The molecule has 0 atom stereocenters. The molecule has 1 aliphatic carbocycles. The minimum atomic E-state index is -3.80. The van der Waals surface area contributed by atoms with Crippen LogP contribution in [0.3, 0.4) is 0 Å². The second kappa shape index (κ2) is 7.98. The van der Waals surface area contributed by atoms with Crippen LogP contribution in [0, 0.1) is 0 Å². The maximum absolute atomic E-state index is 12.8. The number of hydrogen-bond acceptors (Lipinski definition) is 7. The average molecular weight is 431 g/mol. The summed E-state index contributed by atoms with van der Waals surface area (Å²) in [4.78, 5) is 4.44. The van der Waals surface area contributed by atoms with Gasteiger partial charge >= 0.3 is 0 Å². The molecule has 0 aliphatic heterocycles. The van der Waals surface area contributed by atoms with Crippen LogP contribution in [0.15, 0.2) is 27.6 Å². The lowest BCUT2D eigenvalue weighted by Crippen LogP contribution is -2.40. The summed E-state index contributed by atoms with van der Waals surface area (Å²) in [6.45, 7) is 5.31. The summed E-state index contributed by atoms with van der Waals surface area (Å²) in [5.41, 5.74) is 5.66. The van der Waals surface area contributed by atoms with Gasteiger partial charge in [0.2, 0.25) is 10.0 Å². The summed E-state index contributed by atoms with van der Waals surface area (Å²) in [5, 5.41) is 4.03. The first-order valence-electron chi connectivity index (χ1n) is 8.90. The van der Waals surface area contributed by atoms with E-state index >= 15 is 0 Å². The number of ether oxygens (including phenoxy) is 1. The molecule has 2 aromatic rings. The molecule has 3 N–H and O–H groups in total. The number of rotatable bonds is 5. The van der Waals surface area contributed by atoms with Crippen LogP contribution >= 0.6 is 12.4 Å². The highest BCUT2D eigenvalue weighted by molar-refractivity contribution is 7.89. The molecule has 1 aliphatic rings. The molecule has 0 saturated heterocycles. The molecule has 0 spiro atoms. The first kappa shape index (κ1) is 22.6. The van der Waals surface area contributed by atoms with E-state index in [0.717, 1.165) is 25.7 Å². The van der Waals surface area contributed by atoms with Crippen molar-refractivity contribution in [3.8, 4) is 17.2 Å². The van der Waals surface area contributed by atoms with Gasteiger partial charge < -0.3 is 15.0 Å². The molecule has 3 rings (SSSR count). The zero-order chi connectivity index (χ0) is 19.9. The standard InChI is InChI=1S/C18H26N4O4S.ClH/c1-17(2,3)22-27(23,24)14-11-12(7-8-13(14)25-4)15-20-16(21-26-15)18(19)9-5-6-10-18;/h7-8,11,22H,5-6,9-10,19H2,1-4H3;1H. The van der Waals surface area contributed by atoms with Gasteiger partial charge in [-0.25, -0.2) is 13.1 Å². The summed E-state index contributed by atoms with van der Waals surface area (Å²) in [6, 6.07) is 4.73. The predicted octanol–water partition coefficient (Wildman–Crippen LogP) is 2.97. The van der Waals surface area contributed by atoms with Crippen molar-refractivity contribution in [2.24, 2.45) is 5.73 Å². The highest BCUT2D eigenvalue weighted by Gasteiger charge is 2.36. The Kier molecular flexibility index (Phi) is 6.44. The Morgan fingerprint density at radius 2 is 1.89 bits per heavy atom. The SMILES string of the molecule is COc1ccc(-c2nc(C3(N)CCCC3)no2)cc1S(=O)(=O)NC(C)(C)C.Cl. The fourth-order valence-electron chi connectivity index (χ4n) is 3.25. The fourth-order valence-corrected chi connectivity index (χ4v) is 4.86. The van der Waals surface area contributed by atoms with Gasteiger partial charge in [0.15, 0.2) is 5.82 Å². The van der Waals surface area contributed by atoms with Crippen molar-refractivity contribution in [1.82, 2.24) is 14.9 Å². The lowest BCUT2D eigenvalue weighted by atomic mass is 9.99. The molecule has 0 unspecified atom stereocenters. The number of halogens is 1. The number of nitrogens with two attached hydrogens (primary N) is 1. The van der Waals surface area contributed by atoms with Gasteiger partial charge in [0.05, 0.1) is 12.6 Å². The molecule has 1 fully saturated rings. The molecule has 1 aromatic carbocycles. The Labute approximate surface area is 171 Å². The normalized spacial score (nSPS) is 16.6. The van der Waals surface area contributed by atoms with Crippen molar-refractivity contribution in [3.05, 3.63) is 24.0 Å². The van der Waals surface area contributed by atoms with Gasteiger partial charge in [-0.05, 0) is 51.8 Å². The fraction of sp³-hybridized carbons (Fsp3) is 0.556. The van der Waals surface area contributed by atoms with Crippen molar-refractivity contribution in [2.75, 3.05) is 7.11 Å². The van der Waals surface area contributed by atoms with Gasteiger partial charge in [0.25, 0.3) is 5.89 Å². The molecule has 1 saturated carbocycles. The zero-order valence-corrected chi connectivity index (χ0v) is 18.1. The summed E-state index contributed by atoms with van der Waals surface area (Å²) in [6.07, 6.45) is 3.68. The van der Waals surface area contributed by atoms with E-state index in [2.05, 4.69) is 14.9 Å². The first-order valence-corrected chi connectivity index (χ1v) is 10.4. The third kappa shape index (κ3) is 4.65. The number of benzene rings is 1. The molecular weight excluding hydrogens is 404 g/mol. The van der Waals surface area contributed by atoms with Crippen molar-refractivity contribution in [3.63, 3.8) is 0 Å². The average Bonchev–Trinajstić information content (AvgIpc) is 3.22. The minimum absolute atomic E-state index is 0. The maximum Gasteiger partial charge on any atom is 0.258 e. The van der Waals surface area contributed by atoms with Crippen LogP contribution in [0.25, 0.3) is 11.5 Å². The van der Waals surface area contributed by atoms with Crippen molar-refractivity contribution in [1.29, 1.82) is 0 Å². The van der Waals surface area contributed by atoms with E-state index in [0.29, 0.717) is 11.4 Å². The third-order valence-corrected chi connectivity index (χ3v) is 6.29. The van der Waals surface area contributed by atoms with Gasteiger partial charge in [0, 0.05) is 11.1 Å². The van der Waals surface area contributed by atoms with Gasteiger partial charge in [-0.3, -0.25) is 0 Å². The predicted molar refractivity (Wildman–Crippen MR) is 108 cm³/mol. The van der Waals surface area contributed by atoms with Crippen LogP contribution < -0.4 is 15.2 Å². The molecule has 1 heterocycles. The number of methoxy groups -OCH3 is 1. The van der Waals surface area contributed by atoms with Crippen molar-refractivity contribution >= 4 is 22.4 Å². The number of hydrogen-bond donors (Lipinski definition) is 2. The molecule has 8 nitrogen and oxygen atoms in total. The first-order chi connectivity index (χ1) is 12.5. The van der Waals surface area contributed by atoms with E-state index in [1.165, 1.54) is 13.2 Å². The second-order valence-electron chi connectivity index (χ2n) is 8.01. The molecular formula is C18H27ClN4O4S. The number of sulfonamides is 1. The van der Waals surface area contributed by atoms with Crippen LogP contribution in [0.2, 0.25) is 0 Å². The van der Waals surface area contributed by atoms with Gasteiger partial charge in [-0.15, -0.1) is 12.4 Å². The van der Waals surface area contributed by atoms with Gasteiger partial charge in [0.1, 0.15) is 10.6 Å². The Hall–Kier alpha value is -1.68. The van der Waals surface area contributed by atoms with Gasteiger partial charge in [-0.1, -0.05) is 18.0 Å². The van der Waals surface area contributed by atoms with E-state index in [1.807, 2.05) is 0 Å². The summed E-state index contributed by atoms with van der Waals surface area (Å²) < 4.78 is 38.8. The van der Waals surface area contributed by atoms with E-state index in [9.17, 15) is 8.42 Å². The second-order valence-corrected chi connectivity index (χ2v) is 9.66. The number of aromatic nitrogens is 2. The van der Waals surface area contributed by atoms with Crippen molar-refractivity contribution < 1.29 is 17.7 Å². The summed E-state index contributed by atoms with van der Waals surface area (Å²) in [7, 11) is -2.38. The molecule has 1 aromatic heterocycles. The lowest BCUT2D eigenvalue weighted by Gasteiger charge is -2.21. The number of nitrogens with one attached hydrogen (secondary N) is 1. The van der Waals surface area contributed by atoms with Crippen LogP contribution in [0.1, 0.15) is 52.3 Å². The zero-order valence-electron chi connectivity index (χ0n) is 16.5. The molecule has 156 valence electrons. The highest BCUT2D eigenvalue weighted by atomic mass is 35.5. The Morgan fingerprint density at radius 1 is 1.25 bits per heavy atom. The molecule has 0 amide bonds. The van der Waals surface area contributed by atoms with Crippen LogP contribution in [-0.2, 0) is 15.6 Å². The van der Waals surface area contributed by atoms with E-state index in [1.54, 1.807) is 32.9 Å². The Balaban J connectivity index is 0.00000280. The van der Waals surface area contributed by atoms with Crippen LogP contribution in [0.5, 0.6) is 5.75 Å².